The van der Waals surface area contributed by atoms with Gasteiger partial charge in [0.15, 0.2) is 11.3 Å². The molecule has 0 saturated carbocycles. The van der Waals surface area contributed by atoms with Crippen molar-refractivity contribution in [3.63, 3.8) is 0 Å². The molecule has 11 rings (SSSR count). The minimum Gasteiger partial charge on any atom is -0.478 e. The van der Waals surface area contributed by atoms with Gasteiger partial charge in [-0.1, -0.05) is 69.6 Å². The Balaban J connectivity index is 0.000000431. The number of hydrogen-bond donors (Lipinski definition) is 5. The molecule has 0 spiro atoms. The zero-order chi connectivity index (χ0) is 109. The number of halogens is 12. The number of piperidine rings is 6. The lowest BCUT2D eigenvalue weighted by atomic mass is 9.86. The number of carbonyl (C=O) groups excluding carboxylic acids is 10. The Morgan fingerprint density at radius 1 is 0.451 bits per heavy atom. The number of carbonyl (C=O) groups is 11. The third-order valence-electron chi connectivity index (χ3n) is 23.4. The van der Waals surface area contributed by atoms with Gasteiger partial charge < -0.3 is 99.3 Å². The number of aldehydes is 1. The number of nitrogens with one attached hydrogen (secondary N) is 2. The first-order valence-electron chi connectivity index (χ1n) is 47.9. The molecule has 31 nitrogen and oxygen atoms in total. The van der Waals surface area contributed by atoms with Gasteiger partial charge in [0.2, 0.25) is 5.67 Å². The Hall–Kier alpha value is -8.26. The van der Waals surface area contributed by atoms with Gasteiger partial charge in [0.05, 0.1) is 36.5 Å². The van der Waals surface area contributed by atoms with Crippen molar-refractivity contribution in [2.24, 2.45) is 23.3 Å². The average Bonchev–Trinajstić information content (AvgIpc) is 0.822. The first-order chi connectivity index (χ1) is 65.7. The maximum Gasteiger partial charge on any atom is 0.410 e. The van der Waals surface area contributed by atoms with Crippen molar-refractivity contribution in [2.75, 3.05) is 125 Å². The van der Waals surface area contributed by atoms with Crippen molar-refractivity contribution in [3.8, 4) is 6.07 Å². The fraction of sp³-hybridized carbons (Fsp3) is 0.700. The van der Waals surface area contributed by atoms with E-state index in [4.69, 9.17) is 129 Å². The molecule has 44 heteroatoms. The highest BCUT2D eigenvalue weighted by atomic mass is 35.5. The van der Waals surface area contributed by atoms with Crippen LogP contribution in [-0.4, -0.2) is 307 Å². The molecule has 8 saturated heterocycles. The van der Waals surface area contributed by atoms with Gasteiger partial charge in [0.25, 0.3) is 17.7 Å². The van der Waals surface area contributed by atoms with Crippen LogP contribution in [0.25, 0.3) is 0 Å². The number of nitrogens with two attached hydrogens (primary N) is 2. The number of likely N-dealkylation sites (tertiary alicyclic amines) is 6. The molecule has 0 aliphatic carbocycles. The summed E-state index contributed by atoms with van der Waals surface area (Å²) >= 11 is 34.7. The summed E-state index contributed by atoms with van der Waals surface area (Å²) in [5.41, 5.74) is -1.88. The smallest absolute Gasteiger partial charge is 0.410 e. The molecule has 8 amide bonds. The summed E-state index contributed by atoms with van der Waals surface area (Å²) in [7, 11) is 0. The molecule has 7 N–H and O–H groups in total. The molecular formula is C100H149BCl6F6N11O20. The number of primary amides is 1. The van der Waals surface area contributed by atoms with E-state index in [1.165, 1.54) is 68.1 Å². The predicted octanol–water partition coefficient (Wildman–Crippen LogP) is 20.3. The second-order valence-electron chi connectivity index (χ2n) is 43.0. The van der Waals surface area contributed by atoms with E-state index in [-0.39, 0.29) is 179 Å². The average molecular weight is 2160 g/mol. The first-order valence-corrected chi connectivity index (χ1v) is 50.2. The number of amides is 8. The quantitative estimate of drug-likeness (QED) is 0.0329. The molecule has 2 atom stereocenters. The fourth-order valence-electron chi connectivity index (χ4n) is 15.5. The van der Waals surface area contributed by atoms with Gasteiger partial charge >= 0.3 is 42.4 Å². The number of esters is 1. The normalized spacial score (nSPS) is 20.2. The number of aromatic carboxylic acids is 1. The summed E-state index contributed by atoms with van der Waals surface area (Å²) in [4.78, 5) is 136. The van der Waals surface area contributed by atoms with Crippen LogP contribution in [0.3, 0.4) is 0 Å². The van der Waals surface area contributed by atoms with Crippen LogP contribution in [0.1, 0.15) is 272 Å². The van der Waals surface area contributed by atoms with E-state index in [0.717, 1.165) is 51.7 Å². The third kappa shape index (κ3) is 48.8. The van der Waals surface area contributed by atoms with Crippen molar-refractivity contribution < 1.29 is 122 Å². The van der Waals surface area contributed by atoms with E-state index < -0.39 is 110 Å². The highest BCUT2D eigenvalue weighted by Gasteiger charge is 2.47. The van der Waals surface area contributed by atoms with Crippen molar-refractivity contribution in [3.05, 3.63) is 101 Å². The van der Waals surface area contributed by atoms with Crippen LogP contribution in [0, 0.1) is 23.2 Å². The highest BCUT2D eigenvalue weighted by molar-refractivity contribution is 6.36. The van der Waals surface area contributed by atoms with E-state index in [2.05, 4.69) is 29.4 Å². The van der Waals surface area contributed by atoms with Crippen LogP contribution in [0.2, 0.25) is 30.1 Å². The Morgan fingerprint density at radius 3 is 1.01 bits per heavy atom. The molecule has 3 aromatic rings. The topological polar surface area (TPSA) is 401 Å². The number of benzene rings is 3. The van der Waals surface area contributed by atoms with Crippen LogP contribution < -0.4 is 22.1 Å². The largest absolute Gasteiger partial charge is 0.478 e. The van der Waals surface area contributed by atoms with Gasteiger partial charge in [0.1, 0.15) is 57.4 Å². The summed E-state index contributed by atoms with van der Waals surface area (Å²) in [6.45, 7) is 43.0. The van der Waals surface area contributed by atoms with Crippen molar-refractivity contribution >= 4 is 144 Å². The number of nitrogens with zero attached hydrogens (tertiary/aromatic N) is 7. The van der Waals surface area contributed by atoms with Gasteiger partial charge in [-0.3, -0.25) is 14.4 Å². The number of carboxylic acids is 1. The maximum atomic E-state index is 15.2. The van der Waals surface area contributed by atoms with Crippen molar-refractivity contribution in [1.82, 2.24) is 40.0 Å². The summed E-state index contributed by atoms with van der Waals surface area (Å²) in [5, 5.41) is 24.5. The number of hydrogen-bond acceptors (Lipinski definition) is 22. The summed E-state index contributed by atoms with van der Waals surface area (Å²) in [5.74, 6) is -2.80. The molecule has 8 aliphatic rings. The number of carboxylic acid groups (broad SMARTS) is 1. The zero-order valence-corrected chi connectivity index (χ0v) is 91.3. The Morgan fingerprint density at radius 2 is 0.736 bits per heavy atom. The third-order valence-corrected chi connectivity index (χ3v) is 24.7. The maximum absolute atomic E-state index is 15.2. The minimum absolute atomic E-state index is 0. The van der Waals surface area contributed by atoms with Gasteiger partial charge in [-0.2, -0.15) is 5.26 Å². The first kappa shape index (κ1) is 130. The second kappa shape index (κ2) is 56.4. The molecule has 8 aliphatic heterocycles. The lowest BCUT2D eigenvalue weighted by Crippen LogP contribution is -2.51. The molecule has 144 heavy (non-hydrogen) atoms. The summed E-state index contributed by atoms with van der Waals surface area (Å²) in [6, 6.07) is 14.9. The molecule has 3 radical (unpaired) electrons. The van der Waals surface area contributed by atoms with Crippen LogP contribution >= 0.6 is 69.6 Å². The Labute approximate surface area is 876 Å². The summed E-state index contributed by atoms with van der Waals surface area (Å²) in [6.07, 6.45) is 4.29. The van der Waals surface area contributed by atoms with Gasteiger partial charge in [0, 0.05) is 225 Å². The van der Waals surface area contributed by atoms with E-state index in [1.54, 1.807) is 107 Å². The lowest BCUT2D eigenvalue weighted by molar-refractivity contribution is -0.160. The minimum atomic E-state index is -1.99. The van der Waals surface area contributed by atoms with Crippen LogP contribution in [0.4, 0.5) is 50.3 Å². The molecule has 0 bridgehead atoms. The van der Waals surface area contributed by atoms with Gasteiger partial charge in [-0.15, -0.1) is 0 Å². The van der Waals surface area contributed by atoms with E-state index in [0.29, 0.717) is 93.5 Å². The van der Waals surface area contributed by atoms with Crippen LogP contribution in [0.15, 0.2) is 54.6 Å². The number of alkyl halides is 6. The molecule has 3 aromatic carbocycles. The van der Waals surface area contributed by atoms with Crippen LogP contribution in [0.5, 0.6) is 0 Å². The molecule has 811 valence electrons. The Bertz CT molecular complexity index is 4680. The number of rotatable bonds is 14. The van der Waals surface area contributed by atoms with Crippen LogP contribution in [-0.2, 0) is 52.3 Å². The number of nitriles is 1. The standard InChI is InChI=1S/C21H29Cl2FN2O2.C18H23Cl2FN2O3.C13H22FNO4.C11H19FN2O3.C11H21FN2O2.C11H17FN2O2.C8H14O2.C7H4Cl2O2.B/c1-20(2)12-15(3-8-28-20)13-26-6-4-21(24,5-7-26)14-25-19(27)16-9-17(22)11-18(23)10-16;1-17(2,3)26-16(25)23-6-4-18(21,5-7-23)11-22-15(24)12-8-13(19)10-14(20)9-12;1-5-18-10(16)13(14)6-8-15(9-7-13)11(17)19-12(2,3)4;1-10(2,3)17-9(16)14-6-4-11(12,5-7-14)8(13)15;2*1-10(2,3)16-9(15)14-6-4-11(12,8-13)5-7-14;1-8(2)5-7(6-9)3-4-10-8;8-5-1-4(7(10)11)2-6(9)3-5;/h9-11,15H,3-8,12-14H2,1-2H3,(H,25,27);8-10H,4-7,11H2,1-3H3,(H,22,24);5-9H2,1-4H3;4-7H2,1-3H3,(H2,13,15);4-8,13H2,1-3H3;4-7H2,1-3H3;6-7H,3-5H2,1-2H3;1-3H,(H,10,11);. The highest BCUT2D eigenvalue weighted by Crippen LogP contribution is 2.37. The second-order valence-corrected chi connectivity index (χ2v) is 45.6. The van der Waals surface area contributed by atoms with E-state index in [1.807, 2.05) is 34.6 Å². The fourth-order valence-corrected chi connectivity index (χ4v) is 17.0. The van der Waals surface area contributed by atoms with E-state index >= 15 is 4.39 Å². The van der Waals surface area contributed by atoms with Crippen molar-refractivity contribution in [1.29, 1.82) is 5.26 Å². The zero-order valence-electron chi connectivity index (χ0n) is 86.8. The predicted molar refractivity (Wildman–Crippen MR) is 543 cm³/mol. The molecular weight excluding hydrogens is 2010 g/mol. The number of ether oxygens (including phenoxy) is 8. The Kier molecular flexibility index (Phi) is 50.9. The molecule has 0 aromatic heterocycles. The SMILES string of the molecule is CC(C)(C)OC(=O)N1CCC(F)(C#N)CC1.CC(C)(C)OC(=O)N1CCC(F)(C(N)=O)CC1.CC(C)(C)OC(=O)N1CCC(F)(CN)CC1.CC(C)(C)OC(=O)N1CCC(F)(CNC(=O)c2cc(Cl)cc(Cl)c2)CC1.CC1(C)CC(C=O)CCO1.CC1(C)CC(CN2CCC(F)(CNC(=O)c3cc(Cl)cc(Cl)c3)CC2)CCO1.CCOC(=O)C1(F)CCN(C(=O)OC(C)(C)C)CC1.O=C(O)c1cc(Cl)cc(Cl)c1.[B]. The summed E-state index contributed by atoms with van der Waals surface area (Å²) < 4.78 is 127. The molecule has 8 fully saturated rings. The van der Waals surface area contributed by atoms with Gasteiger partial charge in [-0.25, -0.2) is 59.9 Å². The van der Waals surface area contributed by atoms with E-state index in [9.17, 15) is 74.7 Å². The molecule has 8 heterocycles. The lowest BCUT2D eigenvalue weighted by Gasteiger charge is -2.41. The van der Waals surface area contributed by atoms with Gasteiger partial charge in [-0.05, 0) is 238 Å². The monoisotopic (exact) mass is 2160 g/mol. The van der Waals surface area contributed by atoms with Crippen molar-refractivity contribution in [2.45, 2.75) is 314 Å². The molecule has 2 unspecified atom stereocenters.